The number of hydrogen-bond donors (Lipinski definition) is 2. The van der Waals surface area contributed by atoms with E-state index in [-0.39, 0.29) is 47.4 Å². The highest BCUT2D eigenvalue weighted by Gasteiger charge is 2.70. The van der Waals surface area contributed by atoms with Crippen LogP contribution in [0, 0.1) is 23.7 Å². The molecule has 1 saturated carbocycles. The monoisotopic (exact) mass is 800 g/mol. The van der Waals surface area contributed by atoms with Crippen molar-refractivity contribution in [3.63, 3.8) is 0 Å². The molecule has 2 saturated heterocycles. The summed E-state index contributed by atoms with van der Waals surface area (Å²) in [6, 6.07) is 14.9. The topological polar surface area (TPSA) is 120 Å². The number of halogens is 6. The first-order valence-electron chi connectivity index (χ1n) is 16.4. The van der Waals surface area contributed by atoms with E-state index in [1.807, 2.05) is 23.6 Å². The van der Waals surface area contributed by atoms with Crippen LogP contribution in [0.2, 0.25) is 15.1 Å². The van der Waals surface area contributed by atoms with Gasteiger partial charge in [-0.05, 0) is 72.2 Å². The molecule has 2 aromatic carbocycles. The molecule has 4 aliphatic rings. The Morgan fingerprint density at radius 1 is 0.943 bits per heavy atom. The number of phenols is 1. The van der Waals surface area contributed by atoms with Crippen LogP contribution in [0.25, 0.3) is 0 Å². The number of nitrogens with zero attached hydrogens (tertiary/aromatic N) is 3. The molecular weight excluding hydrogens is 776 g/mol. The van der Waals surface area contributed by atoms with Crippen LogP contribution in [-0.4, -0.2) is 43.6 Å². The molecule has 0 radical (unpaired) electrons. The van der Waals surface area contributed by atoms with Crippen LogP contribution in [0.15, 0.2) is 83.9 Å². The number of anilines is 1. The number of aromatic hydroxyl groups is 1. The van der Waals surface area contributed by atoms with E-state index in [1.54, 1.807) is 24.3 Å². The van der Waals surface area contributed by atoms with Gasteiger partial charge in [0.1, 0.15) is 5.75 Å². The molecule has 2 aliphatic heterocycles. The molecule has 2 aromatic heterocycles. The maximum absolute atomic E-state index is 15.2. The fourth-order valence-corrected chi connectivity index (χ4v) is 9.87. The van der Waals surface area contributed by atoms with Gasteiger partial charge in [-0.15, -0.1) is 11.3 Å². The van der Waals surface area contributed by atoms with Gasteiger partial charge in [0.15, 0.2) is 5.82 Å². The average Bonchev–Trinajstić information content (AvgIpc) is 3.78. The maximum atomic E-state index is 15.2. The zero-order valence-electron chi connectivity index (χ0n) is 27.1. The normalized spacial score (nSPS) is 26.8. The van der Waals surface area contributed by atoms with Gasteiger partial charge < -0.3 is 5.11 Å². The summed E-state index contributed by atoms with van der Waals surface area (Å²) < 4.78 is 40.3. The first-order valence-corrected chi connectivity index (χ1v) is 18.4. The molecule has 4 amide bonds. The van der Waals surface area contributed by atoms with Gasteiger partial charge in [0.25, 0.3) is 11.8 Å². The van der Waals surface area contributed by atoms with Crippen LogP contribution >= 0.6 is 46.1 Å². The number of phenolic OH excluding ortho intramolecular Hbond substituents is 1. The third-order valence-corrected chi connectivity index (χ3v) is 12.5. The summed E-state index contributed by atoms with van der Waals surface area (Å²) in [5, 5.41) is 14.1. The van der Waals surface area contributed by atoms with Crippen molar-refractivity contribution in [2.75, 3.05) is 5.43 Å². The molecule has 16 heteroatoms. The quantitative estimate of drug-likeness (QED) is 0.150. The molecule has 6 atom stereocenters. The molecule has 4 heterocycles. The maximum Gasteiger partial charge on any atom is 0.417 e. The number of hydrogen-bond acceptors (Lipinski definition) is 8. The molecular formula is C37H26Cl3F3N4O5S. The second-order valence-corrected chi connectivity index (χ2v) is 15.8. The molecule has 0 bridgehead atoms. The van der Waals surface area contributed by atoms with E-state index in [2.05, 4.69) is 10.4 Å². The number of carbonyl (C=O) groups is 4. The first kappa shape index (κ1) is 35.6. The number of benzene rings is 2. The van der Waals surface area contributed by atoms with E-state index < -0.39 is 69.5 Å². The van der Waals surface area contributed by atoms with Crippen LogP contribution in [0.3, 0.4) is 0 Å². The van der Waals surface area contributed by atoms with Crippen molar-refractivity contribution in [1.82, 2.24) is 14.9 Å². The third-order valence-electron chi connectivity index (χ3n) is 10.8. The molecule has 8 rings (SSSR count). The number of amides is 4. The number of rotatable bonds is 6. The summed E-state index contributed by atoms with van der Waals surface area (Å²) in [4.78, 5) is 63.9. The molecule has 2 N–H and O–H groups in total. The average molecular weight is 802 g/mol. The minimum Gasteiger partial charge on any atom is -0.508 e. The fraction of sp³-hybridized carbons (Fsp3) is 0.270. The second kappa shape index (κ2) is 12.9. The third kappa shape index (κ3) is 5.54. The van der Waals surface area contributed by atoms with Crippen molar-refractivity contribution in [3.8, 4) is 5.75 Å². The summed E-state index contributed by atoms with van der Waals surface area (Å²) in [6.45, 7) is 0.0943. The minimum atomic E-state index is -4.76. The largest absolute Gasteiger partial charge is 0.508 e. The van der Waals surface area contributed by atoms with E-state index in [0.29, 0.717) is 33.4 Å². The van der Waals surface area contributed by atoms with Crippen molar-refractivity contribution < 1.29 is 37.5 Å². The zero-order chi connectivity index (χ0) is 37.6. The summed E-state index contributed by atoms with van der Waals surface area (Å²) in [5.74, 6) is -7.59. The minimum absolute atomic E-state index is 0.0593. The molecule has 2 aliphatic carbocycles. The van der Waals surface area contributed by atoms with Crippen LogP contribution in [0.4, 0.5) is 19.0 Å². The number of nitrogens with one attached hydrogen (secondary N) is 1. The number of likely N-dealkylation sites (tertiary alicyclic amines) is 1. The van der Waals surface area contributed by atoms with Gasteiger partial charge in [-0.25, -0.2) is 4.98 Å². The smallest absolute Gasteiger partial charge is 0.417 e. The van der Waals surface area contributed by atoms with Gasteiger partial charge in [-0.3, -0.25) is 29.5 Å². The highest BCUT2D eigenvalue weighted by Crippen LogP contribution is 2.65. The Balaban J connectivity index is 1.30. The number of hydrazine groups is 1. The molecule has 4 aromatic rings. The predicted molar refractivity (Wildman–Crippen MR) is 190 cm³/mol. The van der Waals surface area contributed by atoms with E-state index in [9.17, 15) is 32.7 Å². The fourth-order valence-electron chi connectivity index (χ4n) is 8.66. The van der Waals surface area contributed by atoms with E-state index >= 15 is 4.79 Å². The van der Waals surface area contributed by atoms with Crippen molar-refractivity contribution in [3.05, 3.63) is 121 Å². The second-order valence-electron chi connectivity index (χ2n) is 13.5. The van der Waals surface area contributed by atoms with Crippen molar-refractivity contribution in [1.29, 1.82) is 0 Å². The summed E-state index contributed by atoms with van der Waals surface area (Å²) >= 11 is 20.5. The van der Waals surface area contributed by atoms with Crippen LogP contribution < -0.4 is 5.43 Å². The number of thiophene rings is 1. The zero-order valence-corrected chi connectivity index (χ0v) is 30.2. The van der Waals surface area contributed by atoms with Crippen molar-refractivity contribution >= 4 is 75.6 Å². The first-order chi connectivity index (χ1) is 25.2. The van der Waals surface area contributed by atoms with Crippen LogP contribution in [0.5, 0.6) is 5.75 Å². The summed E-state index contributed by atoms with van der Waals surface area (Å²) in [6.07, 6.45) is -2.30. The van der Waals surface area contributed by atoms with Gasteiger partial charge >= 0.3 is 6.18 Å². The molecule has 9 nitrogen and oxygen atoms in total. The van der Waals surface area contributed by atoms with Gasteiger partial charge in [-0.1, -0.05) is 64.7 Å². The Kier molecular flexibility index (Phi) is 8.64. The van der Waals surface area contributed by atoms with E-state index in [4.69, 9.17) is 34.8 Å². The van der Waals surface area contributed by atoms with Gasteiger partial charge in [-0.2, -0.15) is 18.2 Å². The lowest BCUT2D eigenvalue weighted by molar-refractivity contribution is -0.142. The Morgan fingerprint density at radius 2 is 1.68 bits per heavy atom. The standard InChI is InChI=1S/C37H26Cl3F3N4O5S/c38-19-5-3-17(4-6-19)36-26(33(50)47(35(36)52)45-31-27(40)12-18(15-44-31)37(41,42)43)14-24-22(30(36)25-13-20(39)7-10-28(25)48)8-9-23-29(24)34(51)46(32(23)49)16-21-2-1-11-53-21/h1-8,10-13,15,23-24,26,29-30,48H,9,14,16H2,(H,44,45)/t23-,24+,26-,29-,30+,36+/m0/s1. The van der Waals surface area contributed by atoms with Crippen LogP contribution in [-0.2, 0) is 37.3 Å². The Hall–Kier alpha value is -4.43. The van der Waals surface area contributed by atoms with Crippen molar-refractivity contribution in [2.24, 2.45) is 23.7 Å². The Morgan fingerprint density at radius 3 is 2.36 bits per heavy atom. The lowest BCUT2D eigenvalue weighted by atomic mass is 9.49. The summed E-state index contributed by atoms with van der Waals surface area (Å²) in [7, 11) is 0. The summed E-state index contributed by atoms with van der Waals surface area (Å²) in [5.41, 5.74) is 0.758. The van der Waals surface area contributed by atoms with Crippen LogP contribution in [0.1, 0.15) is 40.3 Å². The predicted octanol–water partition coefficient (Wildman–Crippen LogP) is 8.01. The molecule has 272 valence electrons. The molecule has 3 fully saturated rings. The highest BCUT2D eigenvalue weighted by molar-refractivity contribution is 7.09. The van der Waals surface area contributed by atoms with Gasteiger partial charge in [0, 0.05) is 32.6 Å². The number of aromatic nitrogens is 1. The number of carbonyl (C=O) groups excluding carboxylic acids is 4. The Bertz CT molecular complexity index is 2230. The molecule has 53 heavy (non-hydrogen) atoms. The highest BCUT2D eigenvalue weighted by atomic mass is 35.5. The number of alkyl halides is 3. The van der Waals surface area contributed by atoms with E-state index in [0.717, 1.165) is 4.88 Å². The molecule has 0 unspecified atom stereocenters. The number of pyridine rings is 1. The number of fused-ring (bicyclic) bond motifs is 4. The number of imide groups is 2. The van der Waals surface area contributed by atoms with E-state index in [1.165, 1.54) is 34.4 Å². The van der Waals surface area contributed by atoms with Crippen molar-refractivity contribution in [2.45, 2.75) is 36.9 Å². The SMILES string of the molecule is O=C1[C@H]2[C@H](CC=C3[C@H]2C[C@H]2C(=O)N(Nc4ncc(C(F)(F)F)cc4Cl)C(=O)[C@@]2(c2ccc(Cl)cc2)[C@H]3c2cc(Cl)ccc2O)C(=O)N1Cc1cccs1. The van der Waals surface area contributed by atoms with Gasteiger partial charge in [0.2, 0.25) is 11.8 Å². The Labute approximate surface area is 318 Å². The van der Waals surface area contributed by atoms with Gasteiger partial charge in [0.05, 0.1) is 40.3 Å². The lowest BCUT2D eigenvalue weighted by Gasteiger charge is -2.50. The number of allylic oxidation sites excluding steroid dienone is 2. The lowest BCUT2D eigenvalue weighted by Crippen LogP contribution is -2.53. The molecule has 0 spiro atoms.